The number of hydrogen-bond donors (Lipinski definition) is 1. The summed E-state index contributed by atoms with van der Waals surface area (Å²) in [4.78, 5) is 0. The van der Waals surface area contributed by atoms with Gasteiger partial charge in [-0.1, -0.05) is 30.3 Å². The van der Waals surface area contributed by atoms with Crippen molar-refractivity contribution in [3.8, 4) is 5.75 Å². The first-order valence-electron chi connectivity index (χ1n) is 6.14. The van der Waals surface area contributed by atoms with E-state index in [9.17, 15) is 21.6 Å². The molecule has 0 aliphatic heterocycles. The molecule has 2 rings (SSSR count). The number of rotatable bonds is 5. The number of halogens is 3. The van der Waals surface area contributed by atoms with Crippen molar-refractivity contribution in [1.82, 2.24) is 0 Å². The van der Waals surface area contributed by atoms with Crippen LogP contribution in [0.4, 0.5) is 18.9 Å². The van der Waals surface area contributed by atoms with Crippen LogP contribution in [0.5, 0.6) is 5.75 Å². The highest BCUT2D eigenvalue weighted by Gasteiger charge is 2.31. The average Bonchev–Trinajstić information content (AvgIpc) is 2.39. The highest BCUT2D eigenvalue weighted by Crippen LogP contribution is 2.24. The van der Waals surface area contributed by atoms with Crippen molar-refractivity contribution in [3.63, 3.8) is 0 Å². The van der Waals surface area contributed by atoms with Gasteiger partial charge in [-0.25, -0.2) is 8.42 Å². The number of ether oxygens (including phenoxy) is 1. The lowest BCUT2D eigenvalue weighted by atomic mass is 10.2. The molecule has 22 heavy (non-hydrogen) atoms. The molecule has 0 spiro atoms. The van der Waals surface area contributed by atoms with Crippen LogP contribution in [0.3, 0.4) is 0 Å². The third-order valence-electron chi connectivity index (χ3n) is 2.56. The number of alkyl halides is 3. The van der Waals surface area contributed by atoms with Gasteiger partial charge in [-0.15, -0.1) is 13.2 Å². The van der Waals surface area contributed by atoms with Crippen molar-refractivity contribution in [2.24, 2.45) is 0 Å². The van der Waals surface area contributed by atoms with Gasteiger partial charge in [0.25, 0.3) is 0 Å². The molecule has 0 bridgehead atoms. The first-order valence-corrected chi connectivity index (χ1v) is 7.79. The summed E-state index contributed by atoms with van der Waals surface area (Å²) in [6.07, 6.45) is -4.78. The summed E-state index contributed by atoms with van der Waals surface area (Å²) >= 11 is 0. The van der Waals surface area contributed by atoms with Crippen LogP contribution in [0.1, 0.15) is 5.56 Å². The van der Waals surface area contributed by atoms with Gasteiger partial charge in [-0.05, 0) is 29.8 Å². The third-order valence-corrected chi connectivity index (χ3v) is 3.82. The van der Waals surface area contributed by atoms with Crippen molar-refractivity contribution in [2.75, 3.05) is 4.72 Å². The molecule has 0 saturated heterocycles. The minimum atomic E-state index is -4.78. The molecule has 0 aromatic heterocycles. The molecule has 118 valence electrons. The fraction of sp³-hybridized carbons (Fsp3) is 0.143. The van der Waals surface area contributed by atoms with Crippen molar-refractivity contribution in [3.05, 3.63) is 60.2 Å². The molecule has 2 aromatic rings. The monoisotopic (exact) mass is 331 g/mol. The summed E-state index contributed by atoms with van der Waals surface area (Å²) in [6, 6.07) is 13.0. The van der Waals surface area contributed by atoms with Gasteiger partial charge in [0.05, 0.1) is 5.75 Å². The predicted molar refractivity (Wildman–Crippen MR) is 75.8 cm³/mol. The van der Waals surface area contributed by atoms with Crippen LogP contribution in [-0.4, -0.2) is 14.8 Å². The molecule has 0 aliphatic rings. The maximum absolute atomic E-state index is 12.0. The molecule has 0 heterocycles. The first kappa shape index (κ1) is 16.2. The van der Waals surface area contributed by atoms with Crippen LogP contribution >= 0.6 is 0 Å². The van der Waals surface area contributed by atoms with E-state index in [-0.39, 0.29) is 11.4 Å². The second-order valence-corrected chi connectivity index (χ2v) is 6.14. The summed E-state index contributed by atoms with van der Waals surface area (Å²) in [5.41, 5.74) is 0.762. The quantitative estimate of drug-likeness (QED) is 0.912. The Morgan fingerprint density at radius 1 is 0.955 bits per heavy atom. The summed E-state index contributed by atoms with van der Waals surface area (Å²) < 4.78 is 66.0. The van der Waals surface area contributed by atoms with E-state index in [4.69, 9.17) is 0 Å². The van der Waals surface area contributed by atoms with E-state index in [2.05, 4.69) is 9.46 Å². The van der Waals surface area contributed by atoms with E-state index in [0.717, 1.165) is 12.1 Å². The Balaban J connectivity index is 2.04. The molecule has 0 radical (unpaired) electrons. The maximum atomic E-state index is 12.0. The topological polar surface area (TPSA) is 55.4 Å². The largest absolute Gasteiger partial charge is 0.573 e. The molecule has 1 N–H and O–H groups in total. The molecule has 0 unspecified atom stereocenters. The molecule has 0 saturated carbocycles. The fourth-order valence-electron chi connectivity index (χ4n) is 1.73. The number of hydrogen-bond acceptors (Lipinski definition) is 3. The lowest BCUT2D eigenvalue weighted by Crippen LogP contribution is -2.17. The zero-order valence-electron chi connectivity index (χ0n) is 11.2. The van der Waals surface area contributed by atoms with Crippen molar-refractivity contribution in [2.45, 2.75) is 12.1 Å². The van der Waals surface area contributed by atoms with E-state index in [1.54, 1.807) is 30.3 Å². The van der Waals surface area contributed by atoms with Crippen LogP contribution in [0.15, 0.2) is 54.6 Å². The summed E-state index contributed by atoms with van der Waals surface area (Å²) in [7, 11) is -3.65. The summed E-state index contributed by atoms with van der Waals surface area (Å²) in [5, 5.41) is 0. The first-order chi connectivity index (χ1) is 10.2. The summed E-state index contributed by atoms with van der Waals surface area (Å²) in [6.45, 7) is 0. The molecule has 4 nitrogen and oxygen atoms in total. The normalized spacial score (nSPS) is 12.0. The van der Waals surface area contributed by atoms with Crippen LogP contribution in [0, 0.1) is 0 Å². The second kappa shape index (κ2) is 6.27. The third kappa shape index (κ3) is 5.28. The van der Waals surface area contributed by atoms with E-state index < -0.39 is 22.1 Å². The van der Waals surface area contributed by atoms with Gasteiger partial charge in [-0.2, -0.15) is 0 Å². The van der Waals surface area contributed by atoms with E-state index >= 15 is 0 Å². The summed E-state index contributed by atoms with van der Waals surface area (Å²) in [5.74, 6) is -0.646. The van der Waals surface area contributed by atoms with Crippen molar-refractivity contribution in [1.29, 1.82) is 0 Å². The Bertz CT molecular complexity index is 713. The van der Waals surface area contributed by atoms with E-state index in [1.807, 2.05) is 0 Å². The molecule has 0 fully saturated rings. The smallest absolute Gasteiger partial charge is 0.406 e. The Kier molecular flexibility index (Phi) is 4.60. The molecule has 0 atom stereocenters. The number of nitrogens with one attached hydrogen (secondary N) is 1. The molecular formula is C14H12F3NO3S. The van der Waals surface area contributed by atoms with Gasteiger partial charge >= 0.3 is 6.36 Å². The van der Waals surface area contributed by atoms with Gasteiger partial charge in [0.15, 0.2) is 0 Å². The Labute approximate surface area is 125 Å². The van der Waals surface area contributed by atoms with Gasteiger partial charge in [0, 0.05) is 5.69 Å². The zero-order chi connectivity index (χ0) is 16.2. The molecular weight excluding hydrogens is 319 g/mol. The van der Waals surface area contributed by atoms with E-state index in [1.165, 1.54) is 12.1 Å². The second-order valence-electron chi connectivity index (χ2n) is 4.42. The molecule has 8 heteroatoms. The standard InChI is InChI=1S/C14H12F3NO3S/c15-14(16,17)21-13-8-6-12(7-9-13)18-22(19,20)10-11-4-2-1-3-5-11/h1-9,18H,10H2. The van der Waals surface area contributed by atoms with Crippen LogP contribution in [0.25, 0.3) is 0 Å². The highest BCUT2D eigenvalue weighted by atomic mass is 32.2. The van der Waals surface area contributed by atoms with Gasteiger partial charge < -0.3 is 4.74 Å². The molecule has 0 aliphatic carbocycles. The van der Waals surface area contributed by atoms with Crippen molar-refractivity contribution < 1.29 is 26.3 Å². The average molecular weight is 331 g/mol. The van der Waals surface area contributed by atoms with Gasteiger partial charge in [-0.3, -0.25) is 4.72 Å². The predicted octanol–water partition coefficient (Wildman–Crippen LogP) is 3.53. The fourth-order valence-corrected chi connectivity index (χ4v) is 2.93. The van der Waals surface area contributed by atoms with Crippen LogP contribution in [0.2, 0.25) is 0 Å². The highest BCUT2D eigenvalue weighted by molar-refractivity contribution is 7.91. The Morgan fingerprint density at radius 2 is 1.55 bits per heavy atom. The Hall–Kier alpha value is -2.22. The molecule has 0 amide bonds. The van der Waals surface area contributed by atoms with Gasteiger partial charge in [0.1, 0.15) is 5.75 Å². The zero-order valence-corrected chi connectivity index (χ0v) is 12.0. The SMILES string of the molecule is O=S(=O)(Cc1ccccc1)Nc1ccc(OC(F)(F)F)cc1. The van der Waals surface area contributed by atoms with Gasteiger partial charge in [0.2, 0.25) is 10.0 Å². The number of sulfonamides is 1. The number of benzene rings is 2. The minimum Gasteiger partial charge on any atom is -0.406 e. The van der Waals surface area contributed by atoms with Crippen LogP contribution in [-0.2, 0) is 15.8 Å². The molecule has 2 aromatic carbocycles. The van der Waals surface area contributed by atoms with E-state index in [0.29, 0.717) is 5.56 Å². The lowest BCUT2D eigenvalue weighted by molar-refractivity contribution is -0.274. The van der Waals surface area contributed by atoms with Crippen molar-refractivity contribution >= 4 is 15.7 Å². The Morgan fingerprint density at radius 3 is 2.09 bits per heavy atom. The number of anilines is 1. The lowest BCUT2D eigenvalue weighted by Gasteiger charge is -2.11. The minimum absolute atomic E-state index is 0.158. The van der Waals surface area contributed by atoms with Crippen LogP contribution < -0.4 is 9.46 Å². The maximum Gasteiger partial charge on any atom is 0.573 e.